The molecule has 0 saturated heterocycles. The van der Waals surface area contributed by atoms with Gasteiger partial charge in [0.05, 0.1) is 21.6 Å². The van der Waals surface area contributed by atoms with E-state index in [1.54, 1.807) is 4.68 Å². The van der Waals surface area contributed by atoms with Gasteiger partial charge in [0.15, 0.2) is 5.82 Å². The van der Waals surface area contributed by atoms with Crippen LogP contribution in [0.5, 0.6) is 0 Å². The second-order valence-electron chi connectivity index (χ2n) is 5.19. The van der Waals surface area contributed by atoms with E-state index >= 15 is 0 Å². The third-order valence-electron chi connectivity index (χ3n) is 3.47. The van der Waals surface area contributed by atoms with Crippen molar-refractivity contribution < 1.29 is 9.85 Å². The Morgan fingerprint density at radius 2 is 1.89 bits per heavy atom. The zero-order chi connectivity index (χ0) is 19.2. The highest BCUT2D eigenvalue weighted by atomic mass is 16.6. The van der Waals surface area contributed by atoms with Crippen LogP contribution < -0.4 is 5.43 Å². The van der Waals surface area contributed by atoms with Gasteiger partial charge in [-0.05, 0) is 28.6 Å². The van der Waals surface area contributed by atoms with Crippen molar-refractivity contribution >= 4 is 23.3 Å². The first kappa shape index (κ1) is 17.6. The number of para-hydroxylation sites is 1. The molecule has 1 N–H and O–H groups in total. The van der Waals surface area contributed by atoms with Crippen molar-refractivity contribution in [1.82, 2.24) is 20.2 Å². The summed E-state index contributed by atoms with van der Waals surface area (Å²) >= 11 is 0. The number of benzene rings is 2. The SMILES string of the molecule is O=[N+]([O-])c1ccc(N/N=C/Cc2nnnn2-c2ccccc2)c([N+](=O)[O-])c1. The Hall–Kier alpha value is -4.22. The zero-order valence-electron chi connectivity index (χ0n) is 13.7. The minimum absolute atomic E-state index is 0.0319. The number of anilines is 1. The fourth-order valence-corrected chi connectivity index (χ4v) is 2.22. The largest absolute Gasteiger partial charge is 0.301 e. The number of hydrazone groups is 1. The van der Waals surface area contributed by atoms with E-state index in [0.29, 0.717) is 5.82 Å². The van der Waals surface area contributed by atoms with Crippen molar-refractivity contribution in [3.8, 4) is 5.69 Å². The van der Waals surface area contributed by atoms with E-state index in [1.165, 1.54) is 12.3 Å². The number of nitro groups is 2. The van der Waals surface area contributed by atoms with E-state index in [4.69, 9.17) is 0 Å². The van der Waals surface area contributed by atoms with Gasteiger partial charge < -0.3 is 0 Å². The normalized spacial score (nSPS) is 10.8. The summed E-state index contributed by atoms with van der Waals surface area (Å²) in [6.45, 7) is 0. The topological polar surface area (TPSA) is 154 Å². The Labute approximate surface area is 151 Å². The van der Waals surface area contributed by atoms with Gasteiger partial charge in [-0.3, -0.25) is 25.7 Å². The second kappa shape index (κ2) is 7.77. The first-order valence-electron chi connectivity index (χ1n) is 7.59. The molecule has 0 aliphatic carbocycles. The van der Waals surface area contributed by atoms with E-state index in [1.807, 2.05) is 30.3 Å². The van der Waals surface area contributed by atoms with E-state index in [0.717, 1.165) is 17.8 Å². The van der Waals surface area contributed by atoms with Gasteiger partial charge in [0, 0.05) is 18.7 Å². The number of hydrogen-bond acceptors (Lipinski definition) is 9. The number of hydrogen-bond donors (Lipinski definition) is 1. The molecule has 0 aliphatic rings. The maximum absolute atomic E-state index is 11.1. The third-order valence-corrected chi connectivity index (χ3v) is 3.47. The van der Waals surface area contributed by atoms with Crippen LogP contribution in [-0.4, -0.2) is 36.3 Å². The molecular weight excluding hydrogens is 356 g/mol. The lowest BCUT2D eigenvalue weighted by molar-refractivity contribution is -0.393. The summed E-state index contributed by atoms with van der Waals surface area (Å²) < 4.78 is 1.54. The third kappa shape index (κ3) is 4.07. The van der Waals surface area contributed by atoms with Crippen LogP contribution in [0.25, 0.3) is 5.69 Å². The van der Waals surface area contributed by atoms with Gasteiger partial charge >= 0.3 is 5.69 Å². The Morgan fingerprint density at radius 1 is 1.11 bits per heavy atom. The molecule has 12 nitrogen and oxygen atoms in total. The molecule has 1 aromatic heterocycles. The van der Waals surface area contributed by atoms with Crippen molar-refractivity contribution in [2.45, 2.75) is 6.42 Å². The predicted octanol–water partition coefficient (Wildman–Crippen LogP) is 2.12. The highest BCUT2D eigenvalue weighted by Gasteiger charge is 2.19. The highest BCUT2D eigenvalue weighted by Crippen LogP contribution is 2.28. The van der Waals surface area contributed by atoms with Crippen LogP contribution >= 0.6 is 0 Å². The first-order chi connectivity index (χ1) is 13.1. The number of aromatic nitrogens is 4. The van der Waals surface area contributed by atoms with E-state index in [-0.39, 0.29) is 17.8 Å². The fourth-order valence-electron chi connectivity index (χ4n) is 2.22. The van der Waals surface area contributed by atoms with Gasteiger partial charge in [-0.15, -0.1) is 5.10 Å². The molecule has 1 heterocycles. The van der Waals surface area contributed by atoms with Crippen LogP contribution in [0.2, 0.25) is 0 Å². The average molecular weight is 368 g/mol. The monoisotopic (exact) mass is 368 g/mol. The highest BCUT2D eigenvalue weighted by molar-refractivity contribution is 5.68. The smallest absolute Gasteiger partial charge is 0.272 e. The van der Waals surface area contributed by atoms with Crippen molar-refractivity contribution in [2.75, 3.05) is 5.43 Å². The van der Waals surface area contributed by atoms with Crippen LogP contribution in [-0.2, 0) is 6.42 Å². The van der Waals surface area contributed by atoms with Crippen LogP contribution in [0, 0.1) is 20.2 Å². The van der Waals surface area contributed by atoms with Gasteiger partial charge in [0.25, 0.3) is 5.69 Å². The second-order valence-corrected chi connectivity index (χ2v) is 5.19. The van der Waals surface area contributed by atoms with Crippen molar-refractivity contribution in [3.05, 3.63) is 74.6 Å². The molecule has 3 rings (SSSR count). The molecule has 2 aromatic carbocycles. The molecule has 12 heteroatoms. The number of nitrogens with zero attached hydrogens (tertiary/aromatic N) is 7. The summed E-state index contributed by atoms with van der Waals surface area (Å²) in [5.74, 6) is 0.518. The van der Waals surface area contributed by atoms with E-state index in [2.05, 4.69) is 26.1 Å². The fraction of sp³-hybridized carbons (Fsp3) is 0.0667. The molecule has 0 radical (unpaired) electrons. The van der Waals surface area contributed by atoms with Gasteiger partial charge in [-0.2, -0.15) is 9.78 Å². The van der Waals surface area contributed by atoms with Gasteiger partial charge in [-0.25, -0.2) is 0 Å². The lowest BCUT2D eigenvalue weighted by Crippen LogP contribution is -2.04. The van der Waals surface area contributed by atoms with Crippen LogP contribution in [0.1, 0.15) is 5.82 Å². The van der Waals surface area contributed by atoms with Crippen molar-refractivity contribution in [1.29, 1.82) is 0 Å². The zero-order valence-corrected chi connectivity index (χ0v) is 13.7. The maximum Gasteiger partial charge on any atom is 0.301 e. The summed E-state index contributed by atoms with van der Waals surface area (Å²) in [7, 11) is 0. The molecule has 0 bridgehead atoms. The minimum atomic E-state index is -0.721. The number of rotatable bonds is 7. The Balaban J connectivity index is 1.72. The molecule has 0 aliphatic heterocycles. The maximum atomic E-state index is 11.1. The van der Waals surface area contributed by atoms with E-state index < -0.39 is 15.5 Å². The molecule has 0 atom stereocenters. The quantitative estimate of drug-likeness (QED) is 0.378. The molecule has 0 spiro atoms. The molecule has 0 saturated carbocycles. The number of non-ortho nitro benzene ring substituents is 1. The van der Waals surface area contributed by atoms with Crippen LogP contribution in [0.4, 0.5) is 17.1 Å². The Bertz CT molecular complexity index is 1000. The number of nitrogens with one attached hydrogen (secondary N) is 1. The molecule has 0 unspecified atom stereocenters. The Kier molecular flexibility index (Phi) is 5.07. The van der Waals surface area contributed by atoms with Crippen LogP contribution in [0.3, 0.4) is 0 Å². The van der Waals surface area contributed by atoms with Crippen molar-refractivity contribution in [2.24, 2.45) is 5.10 Å². The molecule has 0 amide bonds. The standard InChI is InChI=1S/C15H12N8O4/c24-22(25)12-6-7-13(14(10-12)23(26)27)17-16-9-8-15-18-19-20-21(15)11-4-2-1-3-5-11/h1-7,9-10,17H,8H2/b16-9+. The number of tetrazole rings is 1. The van der Waals surface area contributed by atoms with Crippen LogP contribution in [0.15, 0.2) is 53.6 Å². The summed E-state index contributed by atoms with van der Waals surface area (Å²) in [4.78, 5) is 20.4. The predicted molar refractivity (Wildman–Crippen MR) is 94.7 cm³/mol. The molecule has 3 aromatic rings. The van der Waals surface area contributed by atoms with Gasteiger partial charge in [0.2, 0.25) is 0 Å². The average Bonchev–Trinajstić information content (AvgIpc) is 3.14. The van der Waals surface area contributed by atoms with Gasteiger partial charge in [-0.1, -0.05) is 18.2 Å². The Morgan fingerprint density at radius 3 is 2.59 bits per heavy atom. The van der Waals surface area contributed by atoms with Crippen molar-refractivity contribution in [3.63, 3.8) is 0 Å². The molecular formula is C15H12N8O4. The first-order valence-corrected chi connectivity index (χ1v) is 7.59. The lowest BCUT2D eigenvalue weighted by atomic mass is 10.2. The van der Waals surface area contributed by atoms with E-state index in [9.17, 15) is 20.2 Å². The molecule has 0 fully saturated rings. The minimum Gasteiger partial charge on any atom is -0.272 e. The van der Waals surface area contributed by atoms with Gasteiger partial charge in [0.1, 0.15) is 5.69 Å². The summed E-state index contributed by atoms with van der Waals surface area (Å²) in [6.07, 6.45) is 1.70. The summed E-state index contributed by atoms with van der Waals surface area (Å²) in [5.41, 5.74) is 2.50. The lowest BCUT2D eigenvalue weighted by Gasteiger charge is -2.03. The molecule has 136 valence electrons. The summed E-state index contributed by atoms with van der Waals surface area (Å²) in [6, 6.07) is 12.5. The molecule has 27 heavy (non-hydrogen) atoms. The summed E-state index contributed by atoms with van der Waals surface area (Å²) in [5, 5.41) is 37.2. The number of nitro benzene ring substituents is 2.